The van der Waals surface area contributed by atoms with Crippen molar-refractivity contribution in [2.24, 2.45) is 5.11 Å². The van der Waals surface area contributed by atoms with Gasteiger partial charge in [0.05, 0.1) is 4.90 Å². The van der Waals surface area contributed by atoms with Crippen LogP contribution in [0, 0.1) is 12.1 Å². The van der Waals surface area contributed by atoms with Gasteiger partial charge in [-0.15, -0.1) is 0 Å². The average Bonchev–Trinajstić information content (AvgIpc) is 2.63. The molecule has 0 atom stereocenters. The van der Waals surface area contributed by atoms with Gasteiger partial charge in [-0.25, -0.2) is 8.42 Å². The fraction of sp³-hybridized carbons (Fsp3) is 0.0526. The van der Waals surface area contributed by atoms with Crippen molar-refractivity contribution in [3.63, 3.8) is 0 Å². The van der Waals surface area contributed by atoms with Gasteiger partial charge in [0.15, 0.2) is 0 Å². The fourth-order valence-corrected chi connectivity index (χ4v) is 3.38. The Labute approximate surface area is 152 Å². The Morgan fingerprint density at radius 1 is 0.885 bits per heavy atom. The normalized spacial score (nSPS) is 12.0. The van der Waals surface area contributed by atoms with E-state index < -0.39 is 10.0 Å². The van der Waals surface area contributed by atoms with Gasteiger partial charge in [-0.1, -0.05) is 48.0 Å². The molecule has 26 heavy (non-hydrogen) atoms. The molecule has 0 saturated carbocycles. The molecule has 0 unspecified atom stereocenters. The Bertz CT molecular complexity index is 1030. The molecule has 0 aliphatic rings. The highest BCUT2D eigenvalue weighted by Crippen LogP contribution is 2.28. The maximum Gasteiger partial charge on any atom is 0.268 e. The number of benzene rings is 3. The zero-order valence-corrected chi connectivity index (χ0v) is 14.8. The number of nitrogens with zero attached hydrogens (tertiary/aromatic N) is 2. The second-order valence-corrected chi connectivity index (χ2v) is 7.33. The third-order valence-corrected chi connectivity index (χ3v) is 5.03. The number of sulfonamides is 1. The van der Waals surface area contributed by atoms with Crippen molar-refractivity contribution in [3.8, 4) is 0 Å². The molecule has 0 aliphatic carbocycles. The predicted octanol–water partition coefficient (Wildman–Crippen LogP) is 4.72. The summed E-state index contributed by atoms with van der Waals surface area (Å²) < 4.78 is 27.6. The summed E-state index contributed by atoms with van der Waals surface area (Å²) in [5.74, 6) is 0. The summed E-state index contributed by atoms with van der Waals surface area (Å²) >= 11 is 0. The van der Waals surface area contributed by atoms with E-state index in [-0.39, 0.29) is 16.3 Å². The van der Waals surface area contributed by atoms with Crippen molar-refractivity contribution in [1.29, 1.82) is 0 Å². The highest BCUT2D eigenvalue weighted by molar-refractivity contribution is 7.92. The van der Waals surface area contributed by atoms with Gasteiger partial charge in [-0.3, -0.25) is 4.72 Å². The molecular formula is C19H17N3O3S. The zero-order valence-electron chi connectivity index (χ0n) is 14.0. The lowest BCUT2D eigenvalue weighted by Crippen LogP contribution is -2.14. The molecule has 0 aromatic heterocycles. The molecule has 7 heteroatoms. The van der Waals surface area contributed by atoms with Crippen molar-refractivity contribution in [3.05, 3.63) is 89.6 Å². The Morgan fingerprint density at radius 2 is 1.50 bits per heavy atom. The van der Waals surface area contributed by atoms with Gasteiger partial charge in [-0.05, 0) is 42.1 Å². The number of rotatable bonds is 5. The largest absolute Gasteiger partial charge is 0.594 e. The lowest BCUT2D eigenvalue weighted by Gasteiger charge is -2.10. The number of hydrogen-bond donors (Lipinski definition) is 1. The van der Waals surface area contributed by atoms with Crippen molar-refractivity contribution in [1.82, 2.24) is 0 Å². The van der Waals surface area contributed by atoms with E-state index in [1.54, 1.807) is 48.5 Å². The van der Waals surface area contributed by atoms with E-state index in [0.29, 0.717) is 10.5 Å². The molecule has 132 valence electrons. The highest BCUT2D eigenvalue weighted by Gasteiger charge is 2.19. The molecule has 1 N–H and O–H groups in total. The van der Waals surface area contributed by atoms with Gasteiger partial charge in [-0.2, -0.15) is 0 Å². The van der Waals surface area contributed by atoms with Crippen molar-refractivity contribution in [2.45, 2.75) is 11.8 Å². The minimum absolute atomic E-state index is 0.104. The van der Waals surface area contributed by atoms with E-state index >= 15 is 0 Å². The summed E-state index contributed by atoms with van der Waals surface area (Å²) in [5, 5.41) is 16.4. The molecule has 0 radical (unpaired) electrons. The van der Waals surface area contributed by atoms with Crippen LogP contribution in [0.5, 0.6) is 0 Å². The van der Waals surface area contributed by atoms with Crippen LogP contribution in [-0.2, 0) is 10.0 Å². The molecule has 0 heterocycles. The highest BCUT2D eigenvalue weighted by atomic mass is 32.2. The Balaban J connectivity index is 1.95. The summed E-state index contributed by atoms with van der Waals surface area (Å²) in [6, 6.07) is 21.5. The quantitative estimate of drug-likeness (QED) is 0.402. The van der Waals surface area contributed by atoms with Crippen molar-refractivity contribution < 1.29 is 13.3 Å². The molecule has 3 aromatic carbocycles. The molecule has 3 rings (SSSR count). The van der Waals surface area contributed by atoms with Crippen LogP contribution in [0.3, 0.4) is 0 Å². The van der Waals surface area contributed by atoms with Gasteiger partial charge in [0.2, 0.25) is 0 Å². The minimum atomic E-state index is -3.82. The van der Waals surface area contributed by atoms with Crippen LogP contribution in [0.15, 0.2) is 88.9 Å². The Kier molecular flexibility index (Phi) is 4.99. The molecule has 6 nitrogen and oxygen atoms in total. The average molecular weight is 367 g/mol. The predicted molar refractivity (Wildman–Crippen MR) is 100 cm³/mol. The molecule has 0 amide bonds. The van der Waals surface area contributed by atoms with Crippen LogP contribution in [0.1, 0.15) is 5.56 Å². The van der Waals surface area contributed by atoms with Gasteiger partial charge in [0.25, 0.3) is 15.7 Å². The van der Waals surface area contributed by atoms with E-state index in [0.717, 1.165) is 5.56 Å². The van der Waals surface area contributed by atoms with Crippen molar-refractivity contribution in [2.75, 3.05) is 4.72 Å². The fourth-order valence-electron chi connectivity index (χ4n) is 2.30. The zero-order chi connectivity index (χ0) is 18.6. The SMILES string of the molecule is Cc1ccc(S(=O)(=O)Nc2ccccc2[N+]([O-])=Nc2ccccc2)cc1. The smallest absolute Gasteiger partial charge is 0.268 e. The summed E-state index contributed by atoms with van der Waals surface area (Å²) in [6.45, 7) is 1.87. The molecule has 0 spiro atoms. The third-order valence-electron chi connectivity index (χ3n) is 3.65. The molecule has 0 fully saturated rings. The summed E-state index contributed by atoms with van der Waals surface area (Å²) in [4.78, 5) is 0.526. The standard InChI is InChI=1S/C19H17N3O3S/c1-15-11-13-17(14-12-15)26(24,25)21-18-9-5-6-10-19(18)22(23)20-16-7-3-2-4-8-16/h2-14,21H,1H3. The van der Waals surface area contributed by atoms with E-state index in [1.807, 2.05) is 13.0 Å². The van der Waals surface area contributed by atoms with Gasteiger partial charge in [0.1, 0.15) is 11.4 Å². The van der Waals surface area contributed by atoms with Gasteiger partial charge < -0.3 is 5.21 Å². The van der Waals surface area contributed by atoms with E-state index in [9.17, 15) is 13.6 Å². The van der Waals surface area contributed by atoms with E-state index in [1.165, 1.54) is 24.3 Å². The maximum absolute atomic E-state index is 12.6. The first-order valence-electron chi connectivity index (χ1n) is 7.88. The first-order chi connectivity index (χ1) is 12.5. The molecule has 0 bridgehead atoms. The van der Waals surface area contributed by atoms with Crippen LogP contribution in [0.2, 0.25) is 0 Å². The number of hydrogen-bond acceptors (Lipinski definition) is 4. The molecular weight excluding hydrogens is 350 g/mol. The van der Waals surface area contributed by atoms with E-state index in [2.05, 4.69) is 9.84 Å². The molecule has 0 saturated heterocycles. The number of nitrogens with one attached hydrogen (secondary N) is 1. The Morgan fingerprint density at radius 3 is 2.19 bits per heavy atom. The lowest BCUT2D eigenvalue weighted by atomic mass is 10.2. The van der Waals surface area contributed by atoms with Gasteiger partial charge in [0, 0.05) is 11.2 Å². The van der Waals surface area contributed by atoms with Crippen molar-refractivity contribution >= 4 is 27.1 Å². The number of azo groups is 1. The number of anilines is 1. The molecule has 3 aromatic rings. The van der Waals surface area contributed by atoms with Crippen LogP contribution in [-0.4, -0.2) is 13.3 Å². The number of aryl methyl sites for hydroxylation is 1. The second kappa shape index (κ2) is 7.37. The van der Waals surface area contributed by atoms with Crippen LogP contribution >= 0.6 is 0 Å². The van der Waals surface area contributed by atoms with Crippen LogP contribution in [0.25, 0.3) is 0 Å². The number of para-hydroxylation sites is 2. The van der Waals surface area contributed by atoms with Gasteiger partial charge >= 0.3 is 0 Å². The Hall–Kier alpha value is -3.19. The van der Waals surface area contributed by atoms with Crippen LogP contribution in [0.4, 0.5) is 17.1 Å². The molecule has 0 aliphatic heterocycles. The van der Waals surface area contributed by atoms with Crippen LogP contribution < -0.4 is 4.72 Å². The lowest BCUT2D eigenvalue weighted by molar-refractivity contribution is -0.434. The first kappa shape index (κ1) is 17.6. The maximum atomic E-state index is 12.6. The third kappa shape index (κ3) is 4.07. The topological polar surface area (TPSA) is 84.6 Å². The first-order valence-corrected chi connectivity index (χ1v) is 9.36. The monoisotopic (exact) mass is 367 g/mol. The minimum Gasteiger partial charge on any atom is -0.594 e. The summed E-state index contributed by atoms with van der Waals surface area (Å²) in [6.07, 6.45) is 0. The second-order valence-electron chi connectivity index (χ2n) is 5.64. The summed E-state index contributed by atoms with van der Waals surface area (Å²) in [7, 11) is -3.82. The van der Waals surface area contributed by atoms with E-state index in [4.69, 9.17) is 0 Å². The summed E-state index contributed by atoms with van der Waals surface area (Å²) in [5.41, 5.74) is 1.69.